The summed E-state index contributed by atoms with van der Waals surface area (Å²) in [6.45, 7) is 1.60. The van der Waals surface area contributed by atoms with Crippen LogP contribution in [0.4, 0.5) is 8.78 Å². The van der Waals surface area contributed by atoms with Gasteiger partial charge in [0.15, 0.2) is 0 Å². The summed E-state index contributed by atoms with van der Waals surface area (Å²) in [6.07, 6.45) is 0.982. The Morgan fingerprint density at radius 2 is 1.77 bits per heavy atom. The van der Waals surface area contributed by atoms with Crippen LogP contribution < -0.4 is 5.56 Å². The van der Waals surface area contributed by atoms with Gasteiger partial charge in [0, 0.05) is 0 Å². The summed E-state index contributed by atoms with van der Waals surface area (Å²) in [5, 5.41) is 4.27. The van der Waals surface area contributed by atoms with Crippen molar-refractivity contribution >= 4 is 17.1 Å². The van der Waals surface area contributed by atoms with Gasteiger partial charge in [-0.25, -0.2) is 13.8 Å². The number of para-hydroxylation sites is 1. The minimum Gasteiger partial charge on any atom is -0.267 e. The number of fused-ring (bicyclic) bond motifs is 1. The molecule has 2 aromatic carbocycles. The summed E-state index contributed by atoms with van der Waals surface area (Å²) in [6, 6.07) is 10.3. The van der Waals surface area contributed by atoms with Crippen molar-refractivity contribution in [2.24, 2.45) is 5.10 Å². The van der Waals surface area contributed by atoms with Crippen molar-refractivity contribution < 1.29 is 8.78 Å². The molecular weight excluding hydrogens is 288 g/mol. The van der Waals surface area contributed by atoms with Gasteiger partial charge in [-0.2, -0.15) is 9.78 Å². The monoisotopic (exact) mass is 299 g/mol. The Hall–Kier alpha value is -2.89. The molecular formula is C16H11F2N3O. The highest BCUT2D eigenvalue weighted by Crippen LogP contribution is 2.10. The van der Waals surface area contributed by atoms with Crippen molar-refractivity contribution in [3.8, 4) is 0 Å². The number of nitrogens with zero attached hydrogens (tertiary/aromatic N) is 3. The Morgan fingerprint density at radius 3 is 2.50 bits per heavy atom. The van der Waals surface area contributed by atoms with Crippen LogP contribution in [-0.4, -0.2) is 15.9 Å². The zero-order chi connectivity index (χ0) is 15.7. The number of halogens is 2. The first kappa shape index (κ1) is 14.1. The molecule has 0 amide bonds. The molecule has 0 aliphatic carbocycles. The zero-order valence-electron chi connectivity index (χ0n) is 11.6. The van der Waals surface area contributed by atoms with E-state index in [9.17, 15) is 13.6 Å². The van der Waals surface area contributed by atoms with Gasteiger partial charge >= 0.3 is 0 Å². The summed E-state index contributed by atoms with van der Waals surface area (Å²) in [4.78, 5) is 16.6. The molecule has 0 saturated carbocycles. The number of hydrogen-bond donors (Lipinski definition) is 0. The van der Waals surface area contributed by atoms with Crippen LogP contribution in [0.1, 0.15) is 11.4 Å². The standard InChI is InChI=1S/C16H11F2N3O/c1-10-20-15-8-3-2-5-11(15)16(22)21(10)19-9-12-13(17)6-4-7-14(12)18/h2-9H,1H3/b19-9-. The van der Waals surface area contributed by atoms with E-state index in [0.717, 1.165) is 23.0 Å². The van der Waals surface area contributed by atoms with Gasteiger partial charge in [-0.1, -0.05) is 18.2 Å². The van der Waals surface area contributed by atoms with Crippen LogP contribution in [0.5, 0.6) is 0 Å². The van der Waals surface area contributed by atoms with Crippen molar-refractivity contribution in [2.75, 3.05) is 0 Å². The lowest BCUT2D eigenvalue weighted by atomic mass is 10.2. The highest BCUT2D eigenvalue weighted by atomic mass is 19.1. The predicted molar refractivity (Wildman–Crippen MR) is 80.1 cm³/mol. The molecule has 0 bridgehead atoms. The van der Waals surface area contributed by atoms with Crippen LogP contribution in [0.2, 0.25) is 0 Å². The van der Waals surface area contributed by atoms with E-state index < -0.39 is 17.2 Å². The van der Waals surface area contributed by atoms with Crippen molar-refractivity contribution in [2.45, 2.75) is 6.92 Å². The summed E-state index contributed by atoms with van der Waals surface area (Å²) >= 11 is 0. The quantitative estimate of drug-likeness (QED) is 0.683. The largest absolute Gasteiger partial charge is 0.282 e. The number of rotatable bonds is 2. The average molecular weight is 299 g/mol. The molecule has 0 saturated heterocycles. The number of hydrogen-bond acceptors (Lipinski definition) is 3. The van der Waals surface area contributed by atoms with Gasteiger partial charge in [0.05, 0.1) is 22.7 Å². The van der Waals surface area contributed by atoms with Gasteiger partial charge in [-0.05, 0) is 31.2 Å². The smallest absolute Gasteiger partial charge is 0.267 e. The Morgan fingerprint density at radius 1 is 1.09 bits per heavy atom. The predicted octanol–water partition coefficient (Wildman–Crippen LogP) is 2.87. The maximum Gasteiger partial charge on any atom is 0.282 e. The van der Waals surface area contributed by atoms with E-state index >= 15 is 0 Å². The highest BCUT2D eigenvalue weighted by Gasteiger charge is 2.08. The Kier molecular flexibility index (Phi) is 3.50. The molecule has 3 rings (SSSR count). The normalized spacial score (nSPS) is 11.4. The van der Waals surface area contributed by atoms with Crippen LogP contribution in [0.15, 0.2) is 52.4 Å². The Balaban J connectivity index is 2.15. The molecule has 0 N–H and O–H groups in total. The van der Waals surface area contributed by atoms with Gasteiger partial charge in [0.1, 0.15) is 17.5 Å². The molecule has 0 radical (unpaired) electrons. The minimum atomic E-state index is -0.747. The molecule has 6 heteroatoms. The first-order chi connectivity index (χ1) is 10.6. The number of aryl methyl sites for hydroxylation is 1. The molecule has 0 atom stereocenters. The highest BCUT2D eigenvalue weighted by molar-refractivity contribution is 5.81. The molecule has 0 spiro atoms. The number of aromatic nitrogens is 2. The lowest BCUT2D eigenvalue weighted by Gasteiger charge is -2.05. The third-order valence-electron chi connectivity index (χ3n) is 3.22. The summed E-state index contributed by atoms with van der Waals surface area (Å²) in [7, 11) is 0. The van der Waals surface area contributed by atoms with Gasteiger partial charge in [0.2, 0.25) is 0 Å². The molecule has 0 unspecified atom stereocenters. The minimum absolute atomic E-state index is 0.304. The molecule has 0 fully saturated rings. The third kappa shape index (κ3) is 2.39. The van der Waals surface area contributed by atoms with E-state index in [0.29, 0.717) is 16.7 Å². The van der Waals surface area contributed by atoms with Crippen LogP contribution in [-0.2, 0) is 0 Å². The fraction of sp³-hybridized carbons (Fsp3) is 0.0625. The van der Waals surface area contributed by atoms with E-state index in [4.69, 9.17) is 0 Å². The molecule has 0 aliphatic heterocycles. The summed E-state index contributed by atoms with van der Waals surface area (Å²) < 4.78 is 28.2. The second kappa shape index (κ2) is 5.48. The molecule has 4 nitrogen and oxygen atoms in total. The van der Waals surface area contributed by atoms with Crippen molar-refractivity contribution in [1.29, 1.82) is 0 Å². The van der Waals surface area contributed by atoms with E-state index in [-0.39, 0.29) is 5.56 Å². The van der Waals surface area contributed by atoms with E-state index in [1.165, 1.54) is 6.07 Å². The number of benzene rings is 2. The van der Waals surface area contributed by atoms with E-state index in [1.54, 1.807) is 31.2 Å². The Labute approximate surface area is 124 Å². The first-order valence-electron chi connectivity index (χ1n) is 6.54. The molecule has 0 aliphatic rings. The lowest BCUT2D eigenvalue weighted by Crippen LogP contribution is -2.20. The molecule has 110 valence electrons. The van der Waals surface area contributed by atoms with Crippen molar-refractivity contribution in [3.63, 3.8) is 0 Å². The van der Waals surface area contributed by atoms with Gasteiger partial charge in [-0.15, -0.1) is 0 Å². The molecule has 3 aromatic rings. The Bertz CT molecular complexity index is 928. The van der Waals surface area contributed by atoms with E-state index in [1.807, 2.05) is 0 Å². The van der Waals surface area contributed by atoms with Gasteiger partial charge < -0.3 is 0 Å². The van der Waals surface area contributed by atoms with Crippen LogP contribution in [0.3, 0.4) is 0 Å². The average Bonchev–Trinajstić information content (AvgIpc) is 2.49. The fourth-order valence-corrected chi connectivity index (χ4v) is 2.12. The van der Waals surface area contributed by atoms with Crippen molar-refractivity contribution in [3.05, 3.63) is 75.8 Å². The summed E-state index contributed by atoms with van der Waals surface area (Å²) in [5.41, 5.74) is -0.147. The third-order valence-corrected chi connectivity index (χ3v) is 3.22. The SMILES string of the molecule is Cc1nc2ccccc2c(=O)n1/N=C\c1c(F)cccc1F. The van der Waals surface area contributed by atoms with Crippen LogP contribution in [0, 0.1) is 18.6 Å². The van der Waals surface area contributed by atoms with Gasteiger partial charge in [-0.3, -0.25) is 4.79 Å². The fourth-order valence-electron chi connectivity index (χ4n) is 2.12. The molecule has 1 aromatic heterocycles. The zero-order valence-corrected chi connectivity index (χ0v) is 11.6. The van der Waals surface area contributed by atoms with Crippen LogP contribution in [0.25, 0.3) is 10.9 Å². The second-order valence-electron chi connectivity index (χ2n) is 4.67. The van der Waals surface area contributed by atoms with E-state index in [2.05, 4.69) is 10.1 Å². The maximum atomic E-state index is 13.6. The van der Waals surface area contributed by atoms with Crippen LogP contribution >= 0.6 is 0 Å². The molecule has 1 heterocycles. The maximum absolute atomic E-state index is 13.6. The van der Waals surface area contributed by atoms with Gasteiger partial charge in [0.25, 0.3) is 5.56 Å². The summed E-state index contributed by atoms with van der Waals surface area (Å²) in [5.74, 6) is -1.16. The topological polar surface area (TPSA) is 47.2 Å². The van der Waals surface area contributed by atoms with Crippen molar-refractivity contribution in [1.82, 2.24) is 9.66 Å². The molecule has 22 heavy (non-hydrogen) atoms. The first-order valence-corrected chi connectivity index (χ1v) is 6.54. The second-order valence-corrected chi connectivity index (χ2v) is 4.67. The lowest BCUT2D eigenvalue weighted by molar-refractivity contribution is 0.579.